The normalized spacial score (nSPS) is 15.1. The van der Waals surface area contributed by atoms with Crippen LogP contribution in [0.3, 0.4) is 0 Å². The molecule has 1 amide bonds. The molecular formula is C21H26N2O4S. The first-order valence-corrected chi connectivity index (χ1v) is 11.0. The fourth-order valence-corrected chi connectivity index (χ4v) is 4.67. The lowest BCUT2D eigenvalue weighted by Gasteiger charge is -2.23. The molecule has 2 N–H and O–H groups in total. The number of benzene rings is 2. The number of methoxy groups -OCH3 is 1. The van der Waals surface area contributed by atoms with Crippen LogP contribution in [0.5, 0.6) is 5.75 Å². The number of nitrogens with one attached hydrogen (secondary N) is 2. The molecule has 0 aliphatic heterocycles. The Morgan fingerprint density at radius 2 is 1.79 bits per heavy atom. The van der Waals surface area contributed by atoms with Gasteiger partial charge in [-0.1, -0.05) is 31.4 Å². The van der Waals surface area contributed by atoms with Crippen LogP contribution in [-0.2, 0) is 10.0 Å². The SMILES string of the molecule is COc1ccc(S(=O)(=O)Nc2ccccc2C(=O)NC2CCCCC2)cc1C. The Labute approximate surface area is 166 Å². The van der Waals surface area contributed by atoms with E-state index in [2.05, 4.69) is 10.0 Å². The molecular weight excluding hydrogens is 376 g/mol. The summed E-state index contributed by atoms with van der Waals surface area (Å²) in [7, 11) is -2.30. The van der Waals surface area contributed by atoms with Gasteiger partial charge in [0.15, 0.2) is 0 Å². The van der Waals surface area contributed by atoms with Gasteiger partial charge in [-0.3, -0.25) is 9.52 Å². The fraction of sp³-hybridized carbons (Fsp3) is 0.381. The predicted molar refractivity (Wildman–Crippen MR) is 109 cm³/mol. The molecule has 2 aromatic carbocycles. The summed E-state index contributed by atoms with van der Waals surface area (Å²) in [6.07, 6.45) is 5.34. The van der Waals surface area contributed by atoms with Gasteiger partial charge in [0, 0.05) is 6.04 Å². The second-order valence-corrected chi connectivity index (χ2v) is 8.77. The van der Waals surface area contributed by atoms with Crippen molar-refractivity contribution in [2.75, 3.05) is 11.8 Å². The zero-order valence-corrected chi connectivity index (χ0v) is 17.0. The lowest BCUT2D eigenvalue weighted by Crippen LogP contribution is -2.36. The molecule has 0 aromatic heterocycles. The van der Waals surface area contributed by atoms with Crippen LogP contribution in [0.4, 0.5) is 5.69 Å². The molecule has 1 aliphatic rings. The molecule has 28 heavy (non-hydrogen) atoms. The molecule has 1 saturated carbocycles. The molecule has 3 rings (SSSR count). The number of para-hydroxylation sites is 1. The maximum Gasteiger partial charge on any atom is 0.261 e. The largest absolute Gasteiger partial charge is 0.496 e. The van der Waals surface area contributed by atoms with Crippen molar-refractivity contribution in [3.8, 4) is 5.75 Å². The van der Waals surface area contributed by atoms with E-state index >= 15 is 0 Å². The second kappa shape index (κ2) is 8.65. The van der Waals surface area contributed by atoms with E-state index in [0.29, 0.717) is 16.9 Å². The fourth-order valence-electron chi connectivity index (χ4n) is 3.50. The summed E-state index contributed by atoms with van der Waals surface area (Å²) in [6, 6.07) is 11.5. The number of anilines is 1. The summed E-state index contributed by atoms with van der Waals surface area (Å²) in [4.78, 5) is 12.9. The molecule has 0 unspecified atom stereocenters. The van der Waals surface area contributed by atoms with Crippen molar-refractivity contribution in [2.24, 2.45) is 0 Å². The lowest BCUT2D eigenvalue weighted by atomic mass is 9.95. The molecule has 1 aliphatic carbocycles. The Morgan fingerprint density at radius 3 is 2.46 bits per heavy atom. The van der Waals surface area contributed by atoms with E-state index < -0.39 is 10.0 Å². The van der Waals surface area contributed by atoms with Gasteiger partial charge in [0.1, 0.15) is 5.75 Å². The first kappa shape index (κ1) is 20.2. The molecule has 150 valence electrons. The van der Waals surface area contributed by atoms with E-state index in [-0.39, 0.29) is 22.5 Å². The van der Waals surface area contributed by atoms with Gasteiger partial charge in [0.05, 0.1) is 23.3 Å². The average molecular weight is 403 g/mol. The Hall–Kier alpha value is -2.54. The molecule has 7 heteroatoms. The minimum Gasteiger partial charge on any atom is -0.496 e. The van der Waals surface area contributed by atoms with Crippen molar-refractivity contribution >= 4 is 21.6 Å². The van der Waals surface area contributed by atoms with Gasteiger partial charge in [-0.2, -0.15) is 0 Å². The highest BCUT2D eigenvalue weighted by atomic mass is 32.2. The number of carbonyl (C=O) groups excluding carboxylic acids is 1. The molecule has 1 fully saturated rings. The van der Waals surface area contributed by atoms with E-state index in [1.807, 2.05) is 0 Å². The van der Waals surface area contributed by atoms with Crippen LogP contribution in [-0.4, -0.2) is 27.5 Å². The molecule has 0 heterocycles. The Morgan fingerprint density at radius 1 is 1.07 bits per heavy atom. The van der Waals surface area contributed by atoms with Crippen LogP contribution < -0.4 is 14.8 Å². The van der Waals surface area contributed by atoms with Crippen LogP contribution >= 0.6 is 0 Å². The van der Waals surface area contributed by atoms with Crippen LogP contribution in [0.2, 0.25) is 0 Å². The summed E-state index contributed by atoms with van der Waals surface area (Å²) in [6.45, 7) is 1.78. The zero-order chi connectivity index (χ0) is 20.1. The van der Waals surface area contributed by atoms with E-state index in [9.17, 15) is 13.2 Å². The van der Waals surface area contributed by atoms with Crippen molar-refractivity contribution in [1.29, 1.82) is 0 Å². The summed E-state index contributed by atoms with van der Waals surface area (Å²) in [5.74, 6) is 0.363. The van der Waals surface area contributed by atoms with E-state index in [1.165, 1.54) is 19.6 Å². The van der Waals surface area contributed by atoms with Gasteiger partial charge in [-0.05, 0) is 55.7 Å². The highest BCUT2D eigenvalue weighted by Gasteiger charge is 2.22. The molecule has 6 nitrogen and oxygen atoms in total. The summed E-state index contributed by atoms with van der Waals surface area (Å²) < 4.78 is 33.4. The van der Waals surface area contributed by atoms with Gasteiger partial charge < -0.3 is 10.1 Å². The van der Waals surface area contributed by atoms with E-state index in [0.717, 1.165) is 25.7 Å². The molecule has 0 spiro atoms. The number of hydrogen-bond acceptors (Lipinski definition) is 4. The maximum absolute atomic E-state index is 12.8. The lowest BCUT2D eigenvalue weighted by molar-refractivity contribution is 0.0928. The van der Waals surface area contributed by atoms with Crippen LogP contribution in [0.25, 0.3) is 0 Å². The zero-order valence-electron chi connectivity index (χ0n) is 16.2. The third-order valence-corrected chi connectivity index (χ3v) is 6.40. The number of aryl methyl sites for hydroxylation is 1. The second-order valence-electron chi connectivity index (χ2n) is 7.09. The summed E-state index contributed by atoms with van der Waals surface area (Å²) in [5, 5.41) is 3.03. The smallest absolute Gasteiger partial charge is 0.261 e. The van der Waals surface area contributed by atoms with Crippen molar-refractivity contribution in [3.63, 3.8) is 0 Å². The number of ether oxygens (including phenoxy) is 1. The number of rotatable bonds is 6. The van der Waals surface area contributed by atoms with Gasteiger partial charge in [0.2, 0.25) is 0 Å². The van der Waals surface area contributed by atoms with Crippen molar-refractivity contribution in [3.05, 3.63) is 53.6 Å². The quantitative estimate of drug-likeness (QED) is 0.768. The Bertz CT molecular complexity index is 951. The molecule has 2 aromatic rings. The van der Waals surface area contributed by atoms with Crippen LogP contribution in [0.1, 0.15) is 48.0 Å². The van der Waals surface area contributed by atoms with Crippen LogP contribution in [0.15, 0.2) is 47.4 Å². The van der Waals surface area contributed by atoms with Gasteiger partial charge in [0.25, 0.3) is 15.9 Å². The molecule has 0 atom stereocenters. The monoisotopic (exact) mass is 402 g/mol. The van der Waals surface area contributed by atoms with Crippen LogP contribution in [0, 0.1) is 6.92 Å². The number of hydrogen-bond donors (Lipinski definition) is 2. The predicted octanol–water partition coefficient (Wildman–Crippen LogP) is 3.87. The highest BCUT2D eigenvalue weighted by Crippen LogP contribution is 2.25. The first-order valence-electron chi connectivity index (χ1n) is 9.48. The average Bonchev–Trinajstić information content (AvgIpc) is 2.68. The van der Waals surface area contributed by atoms with Gasteiger partial charge in [-0.25, -0.2) is 8.42 Å². The Balaban J connectivity index is 1.82. The van der Waals surface area contributed by atoms with Crippen molar-refractivity contribution in [1.82, 2.24) is 5.32 Å². The number of carbonyl (C=O) groups is 1. The van der Waals surface area contributed by atoms with E-state index in [1.54, 1.807) is 43.3 Å². The molecule has 0 radical (unpaired) electrons. The number of sulfonamides is 1. The minimum absolute atomic E-state index is 0.119. The first-order chi connectivity index (χ1) is 13.4. The van der Waals surface area contributed by atoms with E-state index in [4.69, 9.17) is 4.74 Å². The standard InChI is InChI=1S/C21H26N2O4S/c1-15-14-17(12-13-20(15)27-2)28(25,26)23-19-11-7-6-10-18(19)21(24)22-16-8-4-3-5-9-16/h6-7,10-14,16,23H,3-5,8-9H2,1-2H3,(H,22,24). The molecule has 0 saturated heterocycles. The Kier molecular flexibility index (Phi) is 6.24. The third kappa shape index (κ3) is 4.65. The van der Waals surface area contributed by atoms with Gasteiger partial charge >= 0.3 is 0 Å². The third-order valence-electron chi connectivity index (χ3n) is 5.03. The van der Waals surface area contributed by atoms with Crippen molar-refractivity contribution in [2.45, 2.75) is 50.0 Å². The summed E-state index contributed by atoms with van der Waals surface area (Å²) >= 11 is 0. The summed E-state index contributed by atoms with van der Waals surface area (Å²) in [5.41, 5.74) is 1.31. The number of amides is 1. The van der Waals surface area contributed by atoms with Gasteiger partial charge in [-0.15, -0.1) is 0 Å². The maximum atomic E-state index is 12.8. The topological polar surface area (TPSA) is 84.5 Å². The minimum atomic E-state index is -3.84. The molecule has 0 bridgehead atoms. The highest BCUT2D eigenvalue weighted by molar-refractivity contribution is 7.92. The van der Waals surface area contributed by atoms with Crippen molar-refractivity contribution < 1.29 is 17.9 Å².